The summed E-state index contributed by atoms with van der Waals surface area (Å²) in [6.07, 6.45) is -1.20. The van der Waals surface area contributed by atoms with Crippen LogP contribution in [0.5, 0.6) is 11.5 Å². The van der Waals surface area contributed by atoms with Crippen LogP contribution < -0.4 is 9.47 Å². The van der Waals surface area contributed by atoms with Crippen molar-refractivity contribution in [3.63, 3.8) is 0 Å². The maximum Gasteiger partial charge on any atom is 0.149 e. The normalized spacial score (nSPS) is 12.1. The summed E-state index contributed by atoms with van der Waals surface area (Å²) in [6, 6.07) is 7.97. The first kappa shape index (κ1) is 16.1. The minimum Gasteiger partial charge on any atom is -0.497 e. The number of halogens is 3. The van der Waals surface area contributed by atoms with Crippen LogP contribution in [0.25, 0.3) is 0 Å². The van der Waals surface area contributed by atoms with E-state index in [1.165, 1.54) is 20.3 Å². The van der Waals surface area contributed by atoms with Crippen molar-refractivity contribution in [2.75, 3.05) is 14.2 Å². The zero-order valence-corrected chi connectivity index (χ0v) is 13.7. The van der Waals surface area contributed by atoms with Gasteiger partial charge >= 0.3 is 0 Å². The van der Waals surface area contributed by atoms with E-state index in [4.69, 9.17) is 21.1 Å². The summed E-state index contributed by atoms with van der Waals surface area (Å²) in [5.74, 6) is 0.314. The number of rotatable bonds is 4. The zero-order chi connectivity index (χ0) is 15.6. The van der Waals surface area contributed by atoms with Gasteiger partial charge in [-0.25, -0.2) is 4.39 Å². The third-order valence-corrected chi connectivity index (χ3v) is 4.35. The van der Waals surface area contributed by atoms with Gasteiger partial charge < -0.3 is 14.6 Å². The first-order chi connectivity index (χ1) is 9.99. The van der Waals surface area contributed by atoms with E-state index in [9.17, 15) is 9.50 Å². The van der Waals surface area contributed by atoms with Crippen molar-refractivity contribution >= 4 is 27.5 Å². The monoisotopic (exact) mass is 374 g/mol. The van der Waals surface area contributed by atoms with Gasteiger partial charge in [0.15, 0.2) is 0 Å². The van der Waals surface area contributed by atoms with Gasteiger partial charge in [0.1, 0.15) is 23.4 Å². The number of aliphatic hydroxyl groups excluding tert-OH is 1. The molecule has 1 atom stereocenters. The molecule has 0 aliphatic rings. The quantitative estimate of drug-likeness (QED) is 0.808. The molecular weight excluding hydrogens is 363 g/mol. The van der Waals surface area contributed by atoms with E-state index in [1.807, 2.05) is 0 Å². The Labute approximate surface area is 135 Å². The Morgan fingerprint density at radius 2 is 1.81 bits per heavy atom. The molecule has 6 heteroatoms. The van der Waals surface area contributed by atoms with Crippen LogP contribution in [0, 0.1) is 5.82 Å². The van der Waals surface area contributed by atoms with Crippen LogP contribution in [0.3, 0.4) is 0 Å². The molecule has 0 saturated heterocycles. The SMILES string of the molecule is COc1ccc(C(O)c2ccc(Br)c(Cl)c2F)c(OC)c1. The van der Waals surface area contributed by atoms with Crippen LogP contribution in [0.15, 0.2) is 34.8 Å². The van der Waals surface area contributed by atoms with Gasteiger partial charge in [0.25, 0.3) is 0 Å². The second-order valence-electron chi connectivity index (χ2n) is 4.27. The summed E-state index contributed by atoms with van der Waals surface area (Å²) in [7, 11) is 2.99. The third kappa shape index (κ3) is 3.15. The highest BCUT2D eigenvalue weighted by molar-refractivity contribution is 9.10. The highest BCUT2D eigenvalue weighted by Gasteiger charge is 2.21. The minimum absolute atomic E-state index is 0.0703. The fraction of sp³-hybridized carbons (Fsp3) is 0.200. The van der Waals surface area contributed by atoms with Crippen LogP contribution in [-0.4, -0.2) is 19.3 Å². The van der Waals surface area contributed by atoms with E-state index in [1.54, 1.807) is 24.3 Å². The van der Waals surface area contributed by atoms with Crippen LogP contribution in [0.1, 0.15) is 17.2 Å². The van der Waals surface area contributed by atoms with Crippen molar-refractivity contribution in [1.29, 1.82) is 0 Å². The summed E-state index contributed by atoms with van der Waals surface area (Å²) in [5.41, 5.74) is 0.502. The van der Waals surface area contributed by atoms with Gasteiger partial charge in [-0.3, -0.25) is 0 Å². The molecule has 0 radical (unpaired) electrons. The molecule has 0 bridgehead atoms. The van der Waals surface area contributed by atoms with Crippen molar-refractivity contribution in [3.05, 3.63) is 56.8 Å². The van der Waals surface area contributed by atoms with E-state index in [0.717, 1.165) is 0 Å². The molecule has 1 unspecified atom stereocenters. The largest absolute Gasteiger partial charge is 0.497 e. The average Bonchev–Trinajstić information content (AvgIpc) is 2.51. The molecule has 0 fully saturated rings. The first-order valence-corrected chi connectivity index (χ1v) is 7.20. The maximum absolute atomic E-state index is 14.2. The number of ether oxygens (including phenoxy) is 2. The standard InChI is InChI=1S/C15H13BrClFO3/c1-20-8-3-4-9(12(7-8)21-2)15(19)10-5-6-11(16)13(17)14(10)18/h3-7,15,19H,1-2H3. The van der Waals surface area contributed by atoms with Crippen molar-refractivity contribution < 1.29 is 19.0 Å². The molecule has 0 heterocycles. The second kappa shape index (κ2) is 6.64. The molecule has 3 nitrogen and oxygen atoms in total. The van der Waals surface area contributed by atoms with E-state index in [0.29, 0.717) is 21.5 Å². The van der Waals surface area contributed by atoms with E-state index >= 15 is 0 Å². The topological polar surface area (TPSA) is 38.7 Å². The van der Waals surface area contributed by atoms with Gasteiger partial charge in [-0.15, -0.1) is 0 Å². The Balaban J connectivity index is 2.49. The van der Waals surface area contributed by atoms with Crippen LogP contribution in [0.4, 0.5) is 4.39 Å². The van der Waals surface area contributed by atoms with Crippen molar-refractivity contribution in [2.24, 2.45) is 0 Å². The van der Waals surface area contributed by atoms with E-state index < -0.39 is 11.9 Å². The number of hydrogen-bond acceptors (Lipinski definition) is 3. The Morgan fingerprint density at radius 3 is 2.43 bits per heavy atom. The second-order valence-corrected chi connectivity index (χ2v) is 5.51. The number of aliphatic hydroxyl groups is 1. The van der Waals surface area contributed by atoms with Gasteiger partial charge in [-0.2, -0.15) is 0 Å². The summed E-state index contributed by atoms with van der Waals surface area (Å²) in [4.78, 5) is 0. The van der Waals surface area contributed by atoms with Crippen LogP contribution >= 0.6 is 27.5 Å². The molecule has 0 aliphatic carbocycles. The van der Waals surface area contributed by atoms with Crippen molar-refractivity contribution in [1.82, 2.24) is 0 Å². The molecule has 0 spiro atoms. The third-order valence-electron chi connectivity index (χ3n) is 3.09. The van der Waals surface area contributed by atoms with Crippen molar-refractivity contribution in [2.45, 2.75) is 6.10 Å². The molecule has 1 N–H and O–H groups in total. The Hall–Kier alpha value is -1.30. The fourth-order valence-electron chi connectivity index (χ4n) is 1.96. The lowest BCUT2D eigenvalue weighted by molar-refractivity contribution is 0.209. The predicted molar refractivity (Wildman–Crippen MR) is 82.7 cm³/mol. The predicted octanol–water partition coefficient (Wildman–Crippen LogP) is 4.34. The van der Waals surface area contributed by atoms with Gasteiger partial charge in [0.2, 0.25) is 0 Å². The van der Waals surface area contributed by atoms with Gasteiger partial charge in [-0.1, -0.05) is 17.7 Å². The maximum atomic E-state index is 14.2. The lowest BCUT2D eigenvalue weighted by Crippen LogP contribution is -2.05. The Morgan fingerprint density at radius 1 is 1.14 bits per heavy atom. The van der Waals surface area contributed by atoms with Gasteiger partial charge in [0, 0.05) is 21.7 Å². The molecule has 0 aliphatic heterocycles. The highest BCUT2D eigenvalue weighted by Crippen LogP contribution is 2.37. The lowest BCUT2D eigenvalue weighted by atomic mass is 10.00. The molecule has 2 rings (SSSR count). The van der Waals surface area contributed by atoms with E-state index in [2.05, 4.69) is 15.9 Å². The number of methoxy groups -OCH3 is 2. The number of benzene rings is 2. The molecule has 2 aromatic rings. The fourth-order valence-corrected chi connectivity index (χ4v) is 2.44. The summed E-state index contributed by atoms with van der Waals surface area (Å²) in [6.45, 7) is 0. The zero-order valence-electron chi connectivity index (χ0n) is 11.4. The van der Waals surface area contributed by atoms with E-state index in [-0.39, 0.29) is 10.6 Å². The van der Waals surface area contributed by atoms with Crippen LogP contribution in [0.2, 0.25) is 5.02 Å². The molecule has 112 valence electrons. The molecular formula is C15H13BrClFO3. The number of hydrogen-bond donors (Lipinski definition) is 1. The average molecular weight is 376 g/mol. The lowest BCUT2D eigenvalue weighted by Gasteiger charge is -2.17. The molecule has 0 amide bonds. The first-order valence-electron chi connectivity index (χ1n) is 6.03. The summed E-state index contributed by atoms with van der Waals surface area (Å²) >= 11 is 8.99. The summed E-state index contributed by atoms with van der Waals surface area (Å²) < 4.78 is 24.9. The summed E-state index contributed by atoms with van der Waals surface area (Å²) in [5, 5.41) is 10.4. The minimum atomic E-state index is -1.20. The molecule has 0 aromatic heterocycles. The van der Waals surface area contributed by atoms with Gasteiger partial charge in [-0.05, 0) is 34.1 Å². The molecule has 0 saturated carbocycles. The smallest absolute Gasteiger partial charge is 0.149 e. The molecule has 21 heavy (non-hydrogen) atoms. The van der Waals surface area contributed by atoms with Crippen LogP contribution in [-0.2, 0) is 0 Å². The van der Waals surface area contributed by atoms with Crippen molar-refractivity contribution in [3.8, 4) is 11.5 Å². The van der Waals surface area contributed by atoms with Gasteiger partial charge in [0.05, 0.1) is 19.2 Å². The Bertz CT molecular complexity index is 664. The Kier molecular flexibility index (Phi) is 5.08. The molecule has 2 aromatic carbocycles. The highest BCUT2D eigenvalue weighted by atomic mass is 79.9.